The molecular formula is C16H22O4. The summed E-state index contributed by atoms with van der Waals surface area (Å²) in [4.78, 5) is 12.1. The topological polar surface area (TPSA) is 59.1 Å². The highest BCUT2D eigenvalue weighted by Gasteiger charge is 2.72. The summed E-state index contributed by atoms with van der Waals surface area (Å²) in [5.74, 6) is 0.381. The van der Waals surface area contributed by atoms with Crippen LogP contribution in [0.1, 0.15) is 33.6 Å². The smallest absolute Gasteiger partial charge is 0.341 e. The van der Waals surface area contributed by atoms with Crippen LogP contribution in [0.2, 0.25) is 0 Å². The minimum Gasteiger partial charge on any atom is -0.460 e. The van der Waals surface area contributed by atoms with Crippen LogP contribution in [0.25, 0.3) is 0 Å². The van der Waals surface area contributed by atoms with Crippen LogP contribution in [0.3, 0.4) is 0 Å². The molecule has 0 aromatic carbocycles. The molecule has 4 heteroatoms. The van der Waals surface area contributed by atoms with Crippen molar-refractivity contribution in [1.29, 1.82) is 0 Å². The van der Waals surface area contributed by atoms with E-state index >= 15 is 0 Å². The van der Waals surface area contributed by atoms with Gasteiger partial charge in [0.25, 0.3) is 0 Å². The number of aliphatic hydroxyl groups excluding tert-OH is 1. The quantitative estimate of drug-likeness (QED) is 0.416. The minimum absolute atomic E-state index is 0.190. The number of epoxide rings is 1. The number of allylic oxidation sites excluding steroid dienone is 1. The molecule has 4 aliphatic rings. The van der Waals surface area contributed by atoms with E-state index in [1.807, 2.05) is 0 Å². The Bertz CT molecular complexity index is 507. The molecule has 0 amide bonds. The fourth-order valence-electron chi connectivity index (χ4n) is 5.03. The number of hydrogen-bond donors (Lipinski definition) is 1. The van der Waals surface area contributed by atoms with Gasteiger partial charge in [-0.1, -0.05) is 25.5 Å². The van der Waals surface area contributed by atoms with Crippen LogP contribution in [0.15, 0.2) is 11.6 Å². The van der Waals surface area contributed by atoms with E-state index in [0.717, 1.165) is 12.8 Å². The number of aliphatic hydroxyl groups is 1. The average molecular weight is 278 g/mol. The Morgan fingerprint density at radius 3 is 2.80 bits per heavy atom. The molecule has 2 aliphatic carbocycles. The summed E-state index contributed by atoms with van der Waals surface area (Å²) in [6, 6.07) is 0. The molecule has 4 nitrogen and oxygen atoms in total. The lowest BCUT2D eigenvalue weighted by Crippen LogP contribution is -2.48. The van der Waals surface area contributed by atoms with Crippen molar-refractivity contribution in [3.05, 3.63) is 11.6 Å². The molecule has 7 atom stereocenters. The van der Waals surface area contributed by atoms with Gasteiger partial charge < -0.3 is 14.6 Å². The molecular weight excluding hydrogens is 256 g/mol. The van der Waals surface area contributed by atoms with Crippen molar-refractivity contribution in [2.24, 2.45) is 23.2 Å². The van der Waals surface area contributed by atoms with Gasteiger partial charge in [0.05, 0.1) is 18.6 Å². The van der Waals surface area contributed by atoms with E-state index in [1.165, 1.54) is 5.57 Å². The average Bonchev–Trinajstić information content (AvgIpc) is 3.07. The standard InChI is InChI=1S/C16H22O4/c1-8-6-11-12(16(7-19-16)14(18)20-11)13(17)15(3)9(2)4-5-10(8)15/h4,8,10-13,17H,5-7H2,1-3H3/t8-,10+,11-,12-,13-,15-,16-/m1/s1. The number of rotatable bonds is 0. The summed E-state index contributed by atoms with van der Waals surface area (Å²) in [6.45, 7) is 6.88. The van der Waals surface area contributed by atoms with E-state index in [2.05, 4.69) is 26.8 Å². The largest absolute Gasteiger partial charge is 0.460 e. The molecule has 1 spiro atoms. The lowest BCUT2D eigenvalue weighted by molar-refractivity contribution is -0.145. The normalized spacial score (nSPS) is 56.9. The summed E-state index contributed by atoms with van der Waals surface area (Å²) in [5, 5.41) is 11.1. The zero-order valence-corrected chi connectivity index (χ0v) is 12.3. The van der Waals surface area contributed by atoms with Gasteiger partial charge in [-0.2, -0.15) is 0 Å². The number of carbonyl (C=O) groups is 1. The van der Waals surface area contributed by atoms with Crippen molar-refractivity contribution >= 4 is 5.97 Å². The summed E-state index contributed by atoms with van der Waals surface area (Å²) in [7, 11) is 0. The number of hydrogen-bond acceptors (Lipinski definition) is 4. The SMILES string of the molecule is CC1=CC[C@H]2[C@H](C)C[C@H]3OC(=O)[C@@]4(CO4)[C@H]3[C@@H](O)[C@]12C. The van der Waals surface area contributed by atoms with Crippen LogP contribution in [0.4, 0.5) is 0 Å². The summed E-state index contributed by atoms with van der Waals surface area (Å²) < 4.78 is 11.0. The maximum absolute atomic E-state index is 12.1. The Kier molecular flexibility index (Phi) is 2.35. The fraction of sp³-hybridized carbons (Fsp3) is 0.812. The van der Waals surface area contributed by atoms with Crippen molar-refractivity contribution in [3.8, 4) is 0 Å². The molecule has 0 radical (unpaired) electrons. The molecule has 3 fully saturated rings. The molecule has 0 aromatic heterocycles. The first kappa shape index (κ1) is 12.8. The first-order valence-corrected chi connectivity index (χ1v) is 7.61. The van der Waals surface area contributed by atoms with E-state index in [0.29, 0.717) is 18.4 Å². The van der Waals surface area contributed by atoms with E-state index in [1.54, 1.807) is 0 Å². The molecule has 0 unspecified atom stereocenters. The number of fused-ring (bicyclic) bond motifs is 3. The second-order valence-corrected chi connectivity index (χ2v) is 7.32. The first-order chi connectivity index (χ1) is 9.41. The predicted octanol–water partition coefficient (Wildman–Crippen LogP) is 1.67. The van der Waals surface area contributed by atoms with E-state index < -0.39 is 11.7 Å². The third-order valence-electron chi connectivity index (χ3n) is 6.54. The van der Waals surface area contributed by atoms with Crippen molar-refractivity contribution in [2.45, 2.75) is 51.4 Å². The second kappa shape index (κ2) is 3.66. The highest BCUT2D eigenvalue weighted by Crippen LogP contribution is 2.60. The molecule has 1 saturated carbocycles. The van der Waals surface area contributed by atoms with Crippen LogP contribution >= 0.6 is 0 Å². The van der Waals surface area contributed by atoms with Gasteiger partial charge in [0.1, 0.15) is 6.10 Å². The second-order valence-electron chi connectivity index (χ2n) is 7.32. The Balaban J connectivity index is 1.81. The number of carbonyl (C=O) groups excluding carboxylic acids is 1. The summed E-state index contributed by atoms with van der Waals surface area (Å²) >= 11 is 0. The summed E-state index contributed by atoms with van der Waals surface area (Å²) in [6.07, 6.45) is 3.34. The Morgan fingerprint density at radius 2 is 2.15 bits per heavy atom. The van der Waals surface area contributed by atoms with E-state index in [4.69, 9.17) is 9.47 Å². The molecule has 110 valence electrons. The van der Waals surface area contributed by atoms with Gasteiger partial charge in [-0.05, 0) is 31.6 Å². The highest BCUT2D eigenvalue weighted by molar-refractivity contribution is 5.85. The zero-order chi connectivity index (χ0) is 14.3. The number of esters is 1. The Morgan fingerprint density at radius 1 is 1.45 bits per heavy atom. The predicted molar refractivity (Wildman–Crippen MR) is 71.8 cm³/mol. The molecule has 2 saturated heterocycles. The van der Waals surface area contributed by atoms with Gasteiger partial charge in [-0.3, -0.25) is 0 Å². The maximum Gasteiger partial charge on any atom is 0.341 e. The van der Waals surface area contributed by atoms with Crippen LogP contribution in [-0.4, -0.2) is 35.5 Å². The molecule has 0 bridgehead atoms. The third-order valence-corrected chi connectivity index (χ3v) is 6.54. The van der Waals surface area contributed by atoms with E-state index in [-0.39, 0.29) is 23.4 Å². The van der Waals surface area contributed by atoms with Crippen LogP contribution in [0, 0.1) is 23.2 Å². The number of ether oxygens (including phenoxy) is 2. The van der Waals surface area contributed by atoms with Gasteiger partial charge in [0.15, 0.2) is 5.60 Å². The molecule has 2 heterocycles. The molecule has 0 aromatic rings. The lowest BCUT2D eigenvalue weighted by atomic mass is 9.65. The molecule has 4 rings (SSSR count). The third kappa shape index (κ3) is 1.27. The molecule has 2 aliphatic heterocycles. The zero-order valence-electron chi connectivity index (χ0n) is 12.3. The van der Waals surface area contributed by atoms with E-state index in [9.17, 15) is 9.90 Å². The van der Waals surface area contributed by atoms with Crippen molar-refractivity contribution in [1.82, 2.24) is 0 Å². The molecule has 1 N–H and O–H groups in total. The van der Waals surface area contributed by atoms with Crippen molar-refractivity contribution in [3.63, 3.8) is 0 Å². The van der Waals surface area contributed by atoms with Gasteiger partial charge in [-0.25, -0.2) is 4.79 Å². The lowest BCUT2D eigenvalue weighted by Gasteiger charge is -2.41. The Hall–Kier alpha value is -0.870. The van der Waals surface area contributed by atoms with Crippen molar-refractivity contribution < 1.29 is 19.4 Å². The van der Waals surface area contributed by atoms with Gasteiger partial charge in [-0.15, -0.1) is 0 Å². The maximum atomic E-state index is 12.1. The van der Waals surface area contributed by atoms with Gasteiger partial charge in [0, 0.05) is 5.41 Å². The monoisotopic (exact) mass is 278 g/mol. The van der Waals surface area contributed by atoms with Crippen LogP contribution in [0.5, 0.6) is 0 Å². The first-order valence-electron chi connectivity index (χ1n) is 7.61. The van der Waals surface area contributed by atoms with Crippen molar-refractivity contribution in [2.75, 3.05) is 6.61 Å². The van der Waals surface area contributed by atoms with Crippen LogP contribution < -0.4 is 0 Å². The van der Waals surface area contributed by atoms with Gasteiger partial charge in [0.2, 0.25) is 0 Å². The molecule has 20 heavy (non-hydrogen) atoms. The summed E-state index contributed by atoms with van der Waals surface area (Å²) in [5.41, 5.74) is 0.147. The van der Waals surface area contributed by atoms with Crippen LogP contribution in [-0.2, 0) is 14.3 Å². The Labute approximate surface area is 119 Å². The van der Waals surface area contributed by atoms with Gasteiger partial charge >= 0.3 is 5.97 Å². The fourth-order valence-corrected chi connectivity index (χ4v) is 5.03. The minimum atomic E-state index is -0.843. The highest BCUT2D eigenvalue weighted by atomic mass is 16.7.